The van der Waals surface area contributed by atoms with E-state index in [0.717, 1.165) is 0 Å². The summed E-state index contributed by atoms with van der Waals surface area (Å²) in [4.78, 5) is 2.00. The van der Waals surface area contributed by atoms with Crippen LogP contribution >= 0.6 is 11.6 Å². The quantitative estimate of drug-likeness (QED) is 0.307. The maximum absolute atomic E-state index is 14.2. The molecule has 0 atom stereocenters. The SMILES string of the molecule is COc1ccc(S(=O)(=O)n2c(-c3ccccc3)c(OCCN(C)C)c3cc(Cl)ccc32)c(OC)c1. The van der Waals surface area contributed by atoms with Crippen LogP contribution in [0.3, 0.4) is 0 Å². The van der Waals surface area contributed by atoms with Crippen LogP contribution in [0.2, 0.25) is 5.02 Å². The van der Waals surface area contributed by atoms with Crippen molar-refractivity contribution in [3.8, 4) is 28.5 Å². The molecule has 1 heterocycles. The van der Waals surface area contributed by atoms with Crippen molar-refractivity contribution >= 4 is 32.5 Å². The van der Waals surface area contributed by atoms with Gasteiger partial charge in [0.15, 0.2) is 5.75 Å². The van der Waals surface area contributed by atoms with Gasteiger partial charge in [0.25, 0.3) is 10.0 Å². The summed E-state index contributed by atoms with van der Waals surface area (Å²) in [6.45, 7) is 1.02. The van der Waals surface area contributed by atoms with Crippen LogP contribution in [0.15, 0.2) is 71.6 Å². The maximum atomic E-state index is 14.2. The summed E-state index contributed by atoms with van der Waals surface area (Å²) in [5, 5.41) is 1.08. The molecule has 1 aromatic heterocycles. The van der Waals surface area contributed by atoms with E-state index in [-0.39, 0.29) is 10.6 Å². The molecule has 0 aliphatic rings. The molecule has 0 saturated heterocycles. The second-order valence-electron chi connectivity index (χ2n) is 8.14. The van der Waals surface area contributed by atoms with Crippen molar-refractivity contribution in [2.45, 2.75) is 4.90 Å². The molecular formula is C26H27ClN2O5S. The van der Waals surface area contributed by atoms with Crippen LogP contribution < -0.4 is 14.2 Å². The fourth-order valence-corrected chi connectivity index (χ4v) is 5.72. The molecule has 7 nitrogen and oxygen atoms in total. The molecule has 4 rings (SSSR count). The molecule has 9 heteroatoms. The van der Waals surface area contributed by atoms with Crippen LogP contribution in [0.1, 0.15) is 0 Å². The summed E-state index contributed by atoms with van der Waals surface area (Å²) in [5.41, 5.74) is 1.56. The number of methoxy groups -OCH3 is 2. The molecule has 0 aliphatic heterocycles. The number of rotatable bonds is 9. The third kappa shape index (κ3) is 4.82. The van der Waals surface area contributed by atoms with Crippen LogP contribution in [0.25, 0.3) is 22.2 Å². The highest BCUT2D eigenvalue weighted by Gasteiger charge is 2.31. The highest BCUT2D eigenvalue weighted by atomic mass is 35.5. The Kier molecular flexibility index (Phi) is 7.25. The zero-order valence-corrected chi connectivity index (χ0v) is 21.6. The van der Waals surface area contributed by atoms with E-state index in [1.54, 1.807) is 30.3 Å². The van der Waals surface area contributed by atoms with Crippen LogP contribution in [0, 0.1) is 0 Å². The lowest BCUT2D eigenvalue weighted by Gasteiger charge is -2.16. The smallest absolute Gasteiger partial charge is 0.272 e. The van der Waals surface area contributed by atoms with Gasteiger partial charge >= 0.3 is 0 Å². The second-order valence-corrected chi connectivity index (χ2v) is 10.3. The summed E-state index contributed by atoms with van der Waals surface area (Å²) in [6, 6.07) is 19.0. The molecule has 3 aromatic carbocycles. The molecule has 4 aromatic rings. The topological polar surface area (TPSA) is 70.0 Å². The lowest BCUT2D eigenvalue weighted by atomic mass is 10.1. The van der Waals surface area contributed by atoms with Gasteiger partial charge in [0.1, 0.15) is 28.7 Å². The van der Waals surface area contributed by atoms with Gasteiger partial charge in [0.05, 0.1) is 19.7 Å². The first-order valence-electron chi connectivity index (χ1n) is 10.9. The fourth-order valence-electron chi connectivity index (χ4n) is 3.86. The second kappa shape index (κ2) is 10.2. The van der Waals surface area contributed by atoms with E-state index >= 15 is 0 Å². The van der Waals surface area contributed by atoms with Crippen molar-refractivity contribution in [1.29, 1.82) is 0 Å². The molecule has 0 amide bonds. The molecule has 0 spiro atoms. The van der Waals surface area contributed by atoms with Crippen LogP contribution in [0.4, 0.5) is 0 Å². The van der Waals surface area contributed by atoms with Crippen LogP contribution in [0.5, 0.6) is 17.2 Å². The van der Waals surface area contributed by atoms with Gasteiger partial charge in [-0.3, -0.25) is 0 Å². The van der Waals surface area contributed by atoms with Crippen LogP contribution in [-0.4, -0.2) is 58.8 Å². The van der Waals surface area contributed by atoms with Crippen molar-refractivity contribution in [2.24, 2.45) is 0 Å². The average Bonchev–Trinajstić information content (AvgIpc) is 3.18. The zero-order chi connectivity index (χ0) is 25.2. The first-order valence-corrected chi connectivity index (χ1v) is 12.7. The normalized spacial score (nSPS) is 11.7. The van der Waals surface area contributed by atoms with Crippen molar-refractivity contribution in [2.75, 3.05) is 41.5 Å². The zero-order valence-electron chi connectivity index (χ0n) is 20.0. The number of hydrogen-bond donors (Lipinski definition) is 0. The summed E-state index contributed by atoms with van der Waals surface area (Å²) < 4.78 is 46.7. The predicted octanol–water partition coefficient (Wildman–Crippen LogP) is 5.16. The molecule has 0 radical (unpaired) electrons. The van der Waals surface area contributed by atoms with E-state index < -0.39 is 10.0 Å². The summed E-state index contributed by atoms with van der Waals surface area (Å²) in [5.74, 6) is 1.11. The average molecular weight is 515 g/mol. The largest absolute Gasteiger partial charge is 0.497 e. The predicted molar refractivity (Wildman–Crippen MR) is 139 cm³/mol. The minimum atomic E-state index is -4.14. The highest BCUT2D eigenvalue weighted by molar-refractivity contribution is 7.90. The third-order valence-electron chi connectivity index (χ3n) is 5.56. The molecule has 0 saturated carbocycles. The lowest BCUT2D eigenvalue weighted by Crippen LogP contribution is -2.20. The Morgan fingerprint density at radius 3 is 2.34 bits per heavy atom. The number of fused-ring (bicyclic) bond motifs is 1. The Hall–Kier alpha value is -3.20. The number of likely N-dealkylation sites (N-methyl/N-ethyl adjacent to an activating group) is 1. The molecule has 184 valence electrons. The molecule has 35 heavy (non-hydrogen) atoms. The Morgan fingerprint density at radius 1 is 0.943 bits per heavy atom. The summed E-state index contributed by atoms with van der Waals surface area (Å²) in [6.07, 6.45) is 0. The Balaban J connectivity index is 2.06. The minimum absolute atomic E-state index is 0.00433. The maximum Gasteiger partial charge on any atom is 0.272 e. The van der Waals surface area contributed by atoms with Crippen molar-refractivity contribution in [1.82, 2.24) is 8.87 Å². The minimum Gasteiger partial charge on any atom is -0.497 e. The van der Waals surface area contributed by atoms with Gasteiger partial charge in [0, 0.05) is 28.6 Å². The number of nitrogens with zero attached hydrogens (tertiary/aromatic N) is 2. The molecule has 0 unspecified atom stereocenters. The van der Waals surface area contributed by atoms with Gasteiger partial charge in [-0.25, -0.2) is 12.4 Å². The number of halogens is 1. The summed E-state index contributed by atoms with van der Waals surface area (Å²) >= 11 is 6.34. The van der Waals surface area contributed by atoms with Crippen molar-refractivity contribution in [3.05, 3.63) is 71.8 Å². The number of aromatic nitrogens is 1. The van der Waals surface area contributed by atoms with Gasteiger partial charge in [-0.1, -0.05) is 41.9 Å². The Morgan fingerprint density at radius 2 is 1.69 bits per heavy atom. The Labute approximate surface area is 210 Å². The van der Waals surface area contributed by atoms with Gasteiger partial charge in [-0.05, 0) is 44.4 Å². The fraction of sp³-hybridized carbons (Fsp3) is 0.231. The van der Waals surface area contributed by atoms with E-state index in [1.165, 1.54) is 24.3 Å². The highest BCUT2D eigenvalue weighted by Crippen LogP contribution is 2.44. The van der Waals surface area contributed by atoms with Gasteiger partial charge in [-0.15, -0.1) is 0 Å². The van der Waals surface area contributed by atoms with E-state index in [4.69, 9.17) is 25.8 Å². The van der Waals surface area contributed by atoms with Gasteiger partial charge in [0.2, 0.25) is 0 Å². The van der Waals surface area contributed by atoms with E-state index in [2.05, 4.69) is 0 Å². The van der Waals surface area contributed by atoms with E-state index in [1.807, 2.05) is 49.3 Å². The molecule has 0 fully saturated rings. The van der Waals surface area contributed by atoms with Crippen molar-refractivity contribution < 1.29 is 22.6 Å². The summed E-state index contributed by atoms with van der Waals surface area (Å²) in [7, 11) is 2.69. The Bertz CT molecular complexity index is 1450. The lowest BCUT2D eigenvalue weighted by molar-refractivity contribution is 0.264. The van der Waals surface area contributed by atoms with E-state index in [9.17, 15) is 8.42 Å². The van der Waals surface area contributed by atoms with Crippen LogP contribution in [-0.2, 0) is 10.0 Å². The first kappa shape index (κ1) is 24.9. The van der Waals surface area contributed by atoms with Gasteiger partial charge in [-0.2, -0.15) is 0 Å². The molecule has 0 bridgehead atoms. The van der Waals surface area contributed by atoms with Gasteiger partial charge < -0.3 is 19.1 Å². The van der Waals surface area contributed by atoms with E-state index in [0.29, 0.717) is 51.8 Å². The standard InChI is InChI=1S/C26H27ClN2O5S/c1-28(2)14-15-34-26-21-16-19(27)10-12-22(21)29(25(26)18-8-6-5-7-9-18)35(30,31)24-13-11-20(32-3)17-23(24)33-4/h5-13,16-17H,14-15H2,1-4H3. The molecule has 0 N–H and O–H groups in total. The number of hydrogen-bond acceptors (Lipinski definition) is 6. The third-order valence-corrected chi connectivity index (χ3v) is 7.55. The van der Waals surface area contributed by atoms with Crippen molar-refractivity contribution in [3.63, 3.8) is 0 Å². The number of benzene rings is 3. The monoisotopic (exact) mass is 514 g/mol. The molecular weight excluding hydrogens is 488 g/mol. The molecule has 0 aliphatic carbocycles. The number of ether oxygens (including phenoxy) is 3. The first-order chi connectivity index (χ1) is 16.8.